The maximum Gasteiger partial charge on any atom is 0.276 e. The van der Waals surface area contributed by atoms with E-state index in [1.54, 1.807) is 29.9 Å². The number of carbonyl (C=O) groups excluding carboxylic acids is 1. The number of hydrogen-bond donors (Lipinski definition) is 2. The van der Waals surface area contributed by atoms with Gasteiger partial charge in [0.2, 0.25) is 0 Å². The van der Waals surface area contributed by atoms with Crippen LogP contribution in [0.4, 0.5) is 11.4 Å². The Bertz CT molecular complexity index is 617. The van der Waals surface area contributed by atoms with Crippen LogP contribution in [-0.2, 0) is 6.54 Å². The van der Waals surface area contributed by atoms with Crippen molar-refractivity contribution in [2.24, 2.45) is 0 Å². The van der Waals surface area contributed by atoms with Crippen LogP contribution in [0.15, 0.2) is 18.3 Å². The lowest BCUT2D eigenvalue weighted by molar-refractivity contribution is 0.101. The molecule has 19 heavy (non-hydrogen) atoms. The Hall–Kier alpha value is -2.37. The zero-order chi connectivity index (χ0) is 14.0. The van der Waals surface area contributed by atoms with E-state index in [1.165, 1.54) is 0 Å². The van der Waals surface area contributed by atoms with E-state index in [2.05, 4.69) is 15.4 Å². The van der Waals surface area contributed by atoms with Gasteiger partial charge in [-0.1, -0.05) is 0 Å². The van der Waals surface area contributed by atoms with Gasteiger partial charge in [0, 0.05) is 24.1 Å². The summed E-state index contributed by atoms with van der Waals surface area (Å²) in [5, 5.41) is 7.04. The van der Waals surface area contributed by atoms with E-state index in [0.717, 1.165) is 5.69 Å². The smallest absolute Gasteiger partial charge is 0.276 e. The maximum atomic E-state index is 12.3. The Balaban J connectivity index is 2.30. The maximum absolute atomic E-state index is 12.3. The Kier molecular flexibility index (Phi) is 3.50. The molecule has 0 fully saturated rings. The number of anilines is 2. The van der Waals surface area contributed by atoms with Crippen LogP contribution < -0.4 is 11.1 Å². The van der Waals surface area contributed by atoms with Crippen molar-refractivity contribution in [1.82, 2.24) is 14.8 Å². The number of hydrogen-bond acceptors (Lipinski definition) is 4. The molecule has 100 valence electrons. The molecule has 6 nitrogen and oxygen atoms in total. The molecule has 0 saturated heterocycles. The molecule has 2 aromatic rings. The minimum atomic E-state index is -0.259. The zero-order valence-corrected chi connectivity index (χ0v) is 11.3. The van der Waals surface area contributed by atoms with Crippen molar-refractivity contribution < 1.29 is 4.79 Å². The minimum absolute atomic E-state index is 0.259. The first-order valence-electron chi connectivity index (χ1n) is 6.09. The van der Waals surface area contributed by atoms with Crippen molar-refractivity contribution in [2.75, 3.05) is 11.1 Å². The average Bonchev–Trinajstić information content (AvgIpc) is 2.65. The number of aryl methyl sites for hydroxylation is 3. The summed E-state index contributed by atoms with van der Waals surface area (Å²) in [5.74, 6) is -0.259. The van der Waals surface area contributed by atoms with Gasteiger partial charge in [0.05, 0.1) is 11.4 Å². The molecule has 0 aliphatic rings. The molecule has 2 heterocycles. The van der Waals surface area contributed by atoms with Crippen LogP contribution in [-0.4, -0.2) is 20.7 Å². The molecule has 0 radical (unpaired) electrons. The first-order valence-corrected chi connectivity index (χ1v) is 6.09. The fraction of sp³-hybridized carbons (Fsp3) is 0.308. The lowest BCUT2D eigenvalue weighted by Crippen LogP contribution is -2.18. The van der Waals surface area contributed by atoms with Crippen molar-refractivity contribution >= 4 is 17.3 Å². The van der Waals surface area contributed by atoms with Crippen molar-refractivity contribution in [1.29, 1.82) is 0 Å². The summed E-state index contributed by atoms with van der Waals surface area (Å²) < 4.78 is 1.61. The molecule has 0 spiro atoms. The highest BCUT2D eigenvalue weighted by molar-refractivity contribution is 6.06. The van der Waals surface area contributed by atoms with Crippen LogP contribution in [0.5, 0.6) is 0 Å². The third-order valence-electron chi connectivity index (χ3n) is 2.84. The largest absolute Gasteiger partial charge is 0.395 e. The zero-order valence-electron chi connectivity index (χ0n) is 11.3. The van der Waals surface area contributed by atoms with Crippen LogP contribution in [0, 0.1) is 13.8 Å². The van der Waals surface area contributed by atoms with Gasteiger partial charge in [-0.15, -0.1) is 0 Å². The van der Waals surface area contributed by atoms with Crippen molar-refractivity contribution in [3.63, 3.8) is 0 Å². The van der Waals surface area contributed by atoms with Crippen LogP contribution in [0.3, 0.4) is 0 Å². The van der Waals surface area contributed by atoms with Crippen LogP contribution >= 0.6 is 0 Å². The van der Waals surface area contributed by atoms with Gasteiger partial charge in [0.15, 0.2) is 0 Å². The average molecular weight is 259 g/mol. The monoisotopic (exact) mass is 259 g/mol. The van der Waals surface area contributed by atoms with Crippen LogP contribution in [0.25, 0.3) is 0 Å². The van der Waals surface area contributed by atoms with Gasteiger partial charge in [-0.05, 0) is 32.9 Å². The minimum Gasteiger partial charge on any atom is -0.395 e. The molecule has 0 atom stereocenters. The number of pyridine rings is 1. The molecule has 2 aromatic heterocycles. The van der Waals surface area contributed by atoms with E-state index in [0.29, 0.717) is 29.3 Å². The topological polar surface area (TPSA) is 85.8 Å². The molecule has 0 saturated carbocycles. The Morgan fingerprint density at radius 2 is 2.21 bits per heavy atom. The summed E-state index contributed by atoms with van der Waals surface area (Å²) in [7, 11) is 0. The second-order valence-electron chi connectivity index (χ2n) is 4.30. The number of nitrogens with two attached hydrogens (primary N) is 1. The highest BCUT2D eigenvalue weighted by Crippen LogP contribution is 2.18. The number of amides is 1. The second kappa shape index (κ2) is 5.09. The highest BCUT2D eigenvalue weighted by Gasteiger charge is 2.19. The lowest BCUT2D eigenvalue weighted by Gasteiger charge is -2.08. The van der Waals surface area contributed by atoms with E-state index < -0.39 is 0 Å². The van der Waals surface area contributed by atoms with Crippen molar-refractivity contribution in [3.05, 3.63) is 35.4 Å². The fourth-order valence-corrected chi connectivity index (χ4v) is 1.88. The third-order valence-corrected chi connectivity index (χ3v) is 2.84. The van der Waals surface area contributed by atoms with Crippen LogP contribution in [0.2, 0.25) is 0 Å². The third kappa shape index (κ3) is 2.57. The molecule has 0 unspecified atom stereocenters. The number of rotatable bonds is 3. The van der Waals surface area contributed by atoms with Gasteiger partial charge in [-0.25, -0.2) is 0 Å². The van der Waals surface area contributed by atoms with Gasteiger partial charge in [0.25, 0.3) is 5.91 Å². The molecular formula is C13H17N5O. The van der Waals surface area contributed by atoms with E-state index in [4.69, 9.17) is 5.73 Å². The Morgan fingerprint density at radius 3 is 2.84 bits per heavy atom. The van der Waals surface area contributed by atoms with Gasteiger partial charge in [0.1, 0.15) is 5.69 Å². The molecule has 3 N–H and O–H groups in total. The summed E-state index contributed by atoms with van der Waals surface area (Å²) >= 11 is 0. The number of nitrogens with zero attached hydrogens (tertiary/aromatic N) is 3. The molecule has 1 amide bonds. The fourth-order valence-electron chi connectivity index (χ4n) is 1.88. The number of nitrogens with one attached hydrogen (secondary N) is 1. The SMILES string of the molecule is CCn1nc(C)c(N)c1C(=O)Nc1ccnc(C)c1. The first kappa shape index (κ1) is 13.1. The first-order chi connectivity index (χ1) is 9.02. The molecular weight excluding hydrogens is 242 g/mol. The quantitative estimate of drug-likeness (QED) is 0.879. The van der Waals surface area contributed by atoms with Gasteiger partial charge in [-0.3, -0.25) is 14.5 Å². The second-order valence-corrected chi connectivity index (χ2v) is 4.30. The van der Waals surface area contributed by atoms with Gasteiger partial charge >= 0.3 is 0 Å². The number of carbonyl (C=O) groups is 1. The highest BCUT2D eigenvalue weighted by atomic mass is 16.2. The standard InChI is InChI=1S/C13H17N5O/c1-4-18-12(11(14)9(3)17-18)13(19)16-10-5-6-15-8(2)7-10/h5-7H,4,14H2,1-3H3,(H,15,16,19). The molecule has 0 aliphatic carbocycles. The van der Waals surface area contributed by atoms with Crippen molar-refractivity contribution in [3.8, 4) is 0 Å². The number of aromatic nitrogens is 3. The van der Waals surface area contributed by atoms with Gasteiger partial charge in [-0.2, -0.15) is 5.10 Å². The molecule has 0 aromatic carbocycles. The normalized spacial score (nSPS) is 10.5. The van der Waals surface area contributed by atoms with E-state index >= 15 is 0 Å². The van der Waals surface area contributed by atoms with Crippen molar-refractivity contribution in [2.45, 2.75) is 27.3 Å². The van der Waals surface area contributed by atoms with E-state index in [1.807, 2.05) is 13.8 Å². The predicted molar refractivity (Wildman–Crippen MR) is 74.0 cm³/mol. The molecule has 6 heteroatoms. The summed E-state index contributed by atoms with van der Waals surface area (Å²) in [6.45, 7) is 6.16. The van der Waals surface area contributed by atoms with E-state index in [-0.39, 0.29) is 5.91 Å². The number of nitrogen functional groups attached to an aromatic ring is 1. The van der Waals surface area contributed by atoms with E-state index in [9.17, 15) is 4.79 Å². The Labute approximate surface area is 111 Å². The molecule has 0 aliphatic heterocycles. The summed E-state index contributed by atoms with van der Waals surface area (Å²) in [6.07, 6.45) is 1.65. The summed E-state index contributed by atoms with van der Waals surface area (Å²) in [4.78, 5) is 16.3. The predicted octanol–water partition coefficient (Wildman–Crippen LogP) is 1.75. The van der Waals surface area contributed by atoms with Gasteiger partial charge < -0.3 is 11.1 Å². The molecule has 2 rings (SSSR count). The lowest BCUT2D eigenvalue weighted by atomic mass is 10.2. The summed E-state index contributed by atoms with van der Waals surface area (Å²) in [6, 6.07) is 3.54. The van der Waals surface area contributed by atoms with Crippen LogP contribution in [0.1, 0.15) is 28.8 Å². The Morgan fingerprint density at radius 1 is 1.47 bits per heavy atom. The molecule has 0 bridgehead atoms. The summed E-state index contributed by atoms with van der Waals surface area (Å²) in [5.41, 5.74) is 8.92.